The molecule has 3 aliphatic rings. The number of imide groups is 1. The molecular weight excluding hydrogens is 344 g/mol. The maximum absolute atomic E-state index is 13.1. The van der Waals surface area contributed by atoms with Gasteiger partial charge in [0, 0.05) is 6.42 Å². The Kier molecular flexibility index (Phi) is 3.19. The molecule has 0 aliphatic carbocycles. The molecule has 5 atom stereocenters. The maximum atomic E-state index is 13.1. The van der Waals surface area contributed by atoms with Gasteiger partial charge in [-0.15, -0.1) is 0 Å². The van der Waals surface area contributed by atoms with Crippen molar-refractivity contribution in [3.8, 4) is 6.07 Å². The Morgan fingerprint density at radius 2 is 1.96 bits per heavy atom. The van der Waals surface area contributed by atoms with E-state index in [0.29, 0.717) is 17.5 Å². The summed E-state index contributed by atoms with van der Waals surface area (Å²) in [7, 11) is 0. The molecule has 3 saturated heterocycles. The van der Waals surface area contributed by atoms with Gasteiger partial charge < -0.3 is 9.84 Å². The van der Waals surface area contributed by atoms with Crippen LogP contribution in [0.1, 0.15) is 31.4 Å². The third kappa shape index (κ3) is 1.81. The van der Waals surface area contributed by atoms with Crippen molar-refractivity contribution in [2.75, 3.05) is 4.90 Å². The smallest absolute Gasteiger partial charge is 0.240 e. The Labute approximate surface area is 149 Å². The van der Waals surface area contributed by atoms with Crippen LogP contribution in [0.2, 0.25) is 5.02 Å². The first-order valence-corrected chi connectivity index (χ1v) is 8.49. The molecule has 3 aliphatic heterocycles. The van der Waals surface area contributed by atoms with Gasteiger partial charge in [0.05, 0.1) is 45.9 Å². The van der Waals surface area contributed by atoms with E-state index in [2.05, 4.69) is 0 Å². The third-order valence-electron chi connectivity index (χ3n) is 6.02. The van der Waals surface area contributed by atoms with Crippen LogP contribution in [0.15, 0.2) is 12.1 Å². The lowest BCUT2D eigenvalue weighted by molar-refractivity contribution is -0.132. The van der Waals surface area contributed by atoms with Crippen molar-refractivity contribution in [2.24, 2.45) is 11.8 Å². The van der Waals surface area contributed by atoms with E-state index in [0.717, 1.165) is 4.90 Å². The molecule has 25 heavy (non-hydrogen) atoms. The summed E-state index contributed by atoms with van der Waals surface area (Å²) in [5, 5.41) is 19.7. The zero-order valence-electron chi connectivity index (χ0n) is 14.0. The number of nitriles is 1. The standard InChI is InChI=1S/C18H17ClN2O4/c1-8-9(7-20)4-5-10(14(8)19)21-15(23)12-13(16(21)24)18(3)11(22)6-17(12,2)25-18/h4-5,11-13,22H,6H2,1-3H3/t11-,12+,13-,17+,18-/m0/s1. The minimum Gasteiger partial charge on any atom is -0.390 e. The van der Waals surface area contributed by atoms with E-state index in [-0.39, 0.29) is 16.6 Å². The number of aliphatic hydroxyl groups is 1. The van der Waals surface area contributed by atoms with Crippen molar-refractivity contribution in [3.05, 3.63) is 28.3 Å². The second kappa shape index (κ2) is 4.82. The summed E-state index contributed by atoms with van der Waals surface area (Å²) < 4.78 is 5.95. The lowest BCUT2D eigenvalue weighted by Crippen LogP contribution is -2.49. The molecule has 2 amide bonds. The third-order valence-corrected chi connectivity index (χ3v) is 6.50. The lowest BCUT2D eigenvalue weighted by atomic mass is 9.67. The van der Waals surface area contributed by atoms with Gasteiger partial charge in [-0.2, -0.15) is 5.26 Å². The van der Waals surface area contributed by atoms with Gasteiger partial charge in [-0.25, -0.2) is 4.90 Å². The fraction of sp³-hybridized carbons (Fsp3) is 0.500. The largest absolute Gasteiger partial charge is 0.390 e. The summed E-state index contributed by atoms with van der Waals surface area (Å²) in [5.74, 6) is -2.15. The molecule has 6 nitrogen and oxygen atoms in total. The van der Waals surface area contributed by atoms with Gasteiger partial charge >= 0.3 is 0 Å². The molecule has 0 spiro atoms. The van der Waals surface area contributed by atoms with E-state index >= 15 is 0 Å². The van der Waals surface area contributed by atoms with Crippen LogP contribution in [-0.2, 0) is 14.3 Å². The lowest BCUT2D eigenvalue weighted by Gasteiger charge is -2.31. The van der Waals surface area contributed by atoms with Crippen molar-refractivity contribution in [1.29, 1.82) is 5.26 Å². The summed E-state index contributed by atoms with van der Waals surface area (Å²) in [6, 6.07) is 5.10. The van der Waals surface area contributed by atoms with E-state index < -0.39 is 35.0 Å². The summed E-state index contributed by atoms with van der Waals surface area (Å²) in [5.41, 5.74) is -0.742. The average molecular weight is 361 g/mol. The fourth-order valence-electron chi connectivity index (χ4n) is 4.72. The number of amides is 2. The number of fused-ring (bicyclic) bond motifs is 5. The van der Waals surface area contributed by atoms with Crippen LogP contribution in [0.4, 0.5) is 5.69 Å². The minimum atomic E-state index is -1.07. The SMILES string of the molecule is Cc1c(C#N)ccc(N2C(=O)[C@@H]3[C@H](C2=O)[C@@]2(C)C[C@H](O)[C@]3(C)O2)c1Cl. The predicted octanol–water partition coefficient (Wildman–Crippen LogP) is 1.94. The van der Waals surface area contributed by atoms with E-state index in [1.54, 1.807) is 26.8 Å². The van der Waals surface area contributed by atoms with E-state index in [4.69, 9.17) is 21.6 Å². The molecule has 0 unspecified atom stereocenters. The Morgan fingerprint density at radius 1 is 1.32 bits per heavy atom. The number of benzene rings is 1. The molecule has 0 radical (unpaired) electrons. The highest BCUT2D eigenvalue weighted by atomic mass is 35.5. The molecule has 2 bridgehead atoms. The quantitative estimate of drug-likeness (QED) is 0.773. The first-order chi connectivity index (χ1) is 11.7. The number of rotatable bonds is 1. The first-order valence-electron chi connectivity index (χ1n) is 8.11. The summed E-state index contributed by atoms with van der Waals surface area (Å²) in [6.45, 7) is 5.13. The average Bonchev–Trinajstić information content (AvgIpc) is 3.05. The number of hydrogen-bond acceptors (Lipinski definition) is 5. The van der Waals surface area contributed by atoms with Gasteiger partial charge in [-0.1, -0.05) is 11.6 Å². The number of halogens is 1. The van der Waals surface area contributed by atoms with Crippen LogP contribution in [-0.4, -0.2) is 34.2 Å². The molecule has 1 aromatic carbocycles. The highest BCUT2D eigenvalue weighted by Crippen LogP contribution is 2.61. The number of ether oxygens (including phenoxy) is 1. The molecule has 0 saturated carbocycles. The van der Waals surface area contributed by atoms with Crippen LogP contribution < -0.4 is 4.90 Å². The fourth-order valence-corrected chi connectivity index (χ4v) is 4.97. The molecule has 3 fully saturated rings. The van der Waals surface area contributed by atoms with Gasteiger partial charge in [0.25, 0.3) is 0 Å². The van der Waals surface area contributed by atoms with Gasteiger partial charge in [0.1, 0.15) is 5.60 Å². The Bertz CT molecular complexity index is 879. The van der Waals surface area contributed by atoms with Crippen LogP contribution in [0, 0.1) is 30.1 Å². The molecule has 1 aromatic rings. The van der Waals surface area contributed by atoms with E-state index in [1.165, 1.54) is 6.07 Å². The highest BCUT2D eigenvalue weighted by Gasteiger charge is 2.75. The van der Waals surface area contributed by atoms with Crippen LogP contribution in [0.3, 0.4) is 0 Å². The minimum absolute atomic E-state index is 0.213. The van der Waals surface area contributed by atoms with Crippen molar-refractivity contribution in [3.63, 3.8) is 0 Å². The number of hydrogen-bond donors (Lipinski definition) is 1. The number of anilines is 1. The van der Waals surface area contributed by atoms with Gasteiger partial charge in [-0.05, 0) is 38.5 Å². The molecule has 7 heteroatoms. The van der Waals surface area contributed by atoms with Crippen molar-refractivity contribution < 1.29 is 19.4 Å². The van der Waals surface area contributed by atoms with Crippen LogP contribution in [0.5, 0.6) is 0 Å². The second-order valence-electron chi connectivity index (χ2n) is 7.47. The predicted molar refractivity (Wildman–Crippen MR) is 88.9 cm³/mol. The first kappa shape index (κ1) is 16.5. The van der Waals surface area contributed by atoms with Crippen molar-refractivity contribution >= 4 is 29.1 Å². The Balaban J connectivity index is 1.84. The monoisotopic (exact) mass is 360 g/mol. The second-order valence-corrected chi connectivity index (χ2v) is 7.85. The molecule has 3 heterocycles. The van der Waals surface area contributed by atoms with Crippen molar-refractivity contribution in [2.45, 2.75) is 44.5 Å². The molecule has 4 rings (SSSR count). The zero-order chi connectivity index (χ0) is 18.3. The molecular formula is C18H17ClN2O4. The number of nitrogens with zero attached hydrogens (tertiary/aromatic N) is 2. The number of carbonyl (C=O) groups is 2. The molecule has 0 aromatic heterocycles. The highest BCUT2D eigenvalue weighted by molar-refractivity contribution is 6.37. The molecule has 130 valence electrons. The van der Waals surface area contributed by atoms with Gasteiger partial charge in [0.15, 0.2) is 0 Å². The Morgan fingerprint density at radius 3 is 2.60 bits per heavy atom. The van der Waals surface area contributed by atoms with E-state index in [9.17, 15) is 14.7 Å². The van der Waals surface area contributed by atoms with Crippen molar-refractivity contribution in [1.82, 2.24) is 0 Å². The maximum Gasteiger partial charge on any atom is 0.240 e. The summed E-state index contributed by atoms with van der Waals surface area (Å²) in [6.07, 6.45) is -0.480. The molecule has 1 N–H and O–H groups in total. The van der Waals surface area contributed by atoms with Gasteiger partial charge in [0.2, 0.25) is 11.8 Å². The van der Waals surface area contributed by atoms with Crippen LogP contribution in [0.25, 0.3) is 0 Å². The van der Waals surface area contributed by atoms with E-state index in [1.807, 2.05) is 6.07 Å². The Hall–Kier alpha value is -1.94. The summed E-state index contributed by atoms with van der Waals surface area (Å²) >= 11 is 6.35. The normalized spacial score (nSPS) is 39.0. The topological polar surface area (TPSA) is 90.6 Å². The number of aliphatic hydroxyl groups excluding tert-OH is 1. The summed E-state index contributed by atoms with van der Waals surface area (Å²) in [4.78, 5) is 27.3. The van der Waals surface area contributed by atoms with Gasteiger partial charge in [-0.3, -0.25) is 9.59 Å². The zero-order valence-corrected chi connectivity index (χ0v) is 14.8. The van der Waals surface area contributed by atoms with Crippen LogP contribution >= 0.6 is 11.6 Å². The number of carbonyl (C=O) groups excluding carboxylic acids is 2.